The second-order valence-electron chi connectivity index (χ2n) is 10.6. The fourth-order valence-corrected chi connectivity index (χ4v) is 10.8. The fraction of sp³-hybridized carbons (Fsp3) is 0. The molecule has 0 saturated carbocycles. The van der Waals surface area contributed by atoms with E-state index in [0.717, 1.165) is 34.3 Å². The van der Waals surface area contributed by atoms with Crippen molar-refractivity contribution in [1.82, 2.24) is 8.96 Å². The zero-order valence-electron chi connectivity index (χ0n) is 20.4. The van der Waals surface area contributed by atoms with Crippen molar-refractivity contribution in [3.8, 4) is 0 Å². The minimum absolute atomic E-state index is 0.123. The number of nitrogens with zero attached hydrogens (tertiary/aromatic N) is 6. The Kier molecular flexibility index (Phi) is 3.03. The first-order valence-electron chi connectivity index (χ1n) is 13.2. The molecule has 40 heavy (non-hydrogen) atoms. The summed E-state index contributed by atoms with van der Waals surface area (Å²) < 4.78 is 13.4. The summed E-state index contributed by atoms with van der Waals surface area (Å²) in [4.78, 5) is 17.6. The van der Waals surface area contributed by atoms with Gasteiger partial charge in [-0.05, 0) is 18.2 Å². The van der Waals surface area contributed by atoms with Gasteiger partial charge >= 0.3 is 7.12 Å². The molecule has 10 heteroatoms. The lowest BCUT2D eigenvalue weighted by Crippen LogP contribution is -2.60. The van der Waals surface area contributed by atoms with E-state index in [1.165, 1.54) is 60.9 Å². The van der Waals surface area contributed by atoms with Gasteiger partial charge in [-0.2, -0.15) is 0 Å². The number of hydrogen-bond donors (Lipinski definition) is 0. The van der Waals surface area contributed by atoms with Gasteiger partial charge in [0, 0.05) is 35.6 Å². The predicted octanol–water partition coefficient (Wildman–Crippen LogP) is 6.38. The summed E-state index contributed by atoms with van der Waals surface area (Å²) in [6.45, 7) is 0. The van der Waals surface area contributed by atoms with Crippen molar-refractivity contribution in [2.75, 3.05) is 0 Å². The number of aromatic nitrogens is 2. The van der Waals surface area contributed by atoms with Gasteiger partial charge in [0.15, 0.2) is 0 Å². The van der Waals surface area contributed by atoms with Gasteiger partial charge in [0.25, 0.3) is 11.7 Å². The molecule has 3 aromatic carbocycles. The zero-order valence-corrected chi connectivity index (χ0v) is 22.9. The molecule has 0 N–H and O–H groups in total. The van der Waals surface area contributed by atoms with E-state index in [1.54, 1.807) is 0 Å². The van der Waals surface area contributed by atoms with E-state index in [4.69, 9.17) is 15.0 Å². The average Bonchev–Trinajstić information content (AvgIpc) is 3.80. The van der Waals surface area contributed by atoms with Crippen LogP contribution in [0.3, 0.4) is 0 Å². The van der Waals surface area contributed by atoms with Gasteiger partial charge in [0.1, 0.15) is 16.2 Å². The maximum absolute atomic E-state index is 5.46. The predicted molar refractivity (Wildman–Crippen MR) is 166 cm³/mol. The van der Waals surface area contributed by atoms with Crippen molar-refractivity contribution in [3.05, 3.63) is 94.2 Å². The first-order valence-corrected chi connectivity index (χ1v) is 15.6. The van der Waals surface area contributed by atoms with Gasteiger partial charge in [-0.3, -0.25) is 8.96 Å². The molecule has 0 radical (unpaired) electrons. The van der Waals surface area contributed by atoms with E-state index >= 15 is 0 Å². The van der Waals surface area contributed by atoms with E-state index in [0.29, 0.717) is 0 Å². The molecule has 12 rings (SSSR count). The molecule has 182 valence electrons. The fourth-order valence-electron chi connectivity index (χ4n) is 7.21. The Labute approximate surface area is 236 Å². The normalized spacial score (nSPS) is 15.9. The smallest absolute Gasteiger partial charge is 0.283 e. The Morgan fingerprint density at radius 3 is 2.08 bits per heavy atom. The molecule has 5 aromatic heterocycles. The maximum atomic E-state index is 5.46. The number of fused-ring (bicyclic) bond motifs is 15. The molecular weight excluding hydrogens is 551 g/mol. The molecule has 0 amide bonds. The van der Waals surface area contributed by atoms with Crippen LogP contribution in [-0.4, -0.2) is 32.2 Å². The second kappa shape index (κ2) is 6.17. The molecule has 9 heterocycles. The summed E-state index contributed by atoms with van der Waals surface area (Å²) in [5.74, 6) is 4.03. The molecule has 0 saturated heterocycles. The van der Waals surface area contributed by atoms with Crippen LogP contribution in [0.4, 0.5) is 11.6 Å². The van der Waals surface area contributed by atoms with Crippen molar-refractivity contribution in [1.29, 1.82) is 0 Å². The summed E-state index contributed by atoms with van der Waals surface area (Å²) >= 11 is 5.48. The molecular formula is C30H12BN6S3+. The zero-order chi connectivity index (χ0) is 25.4. The highest BCUT2D eigenvalue weighted by atomic mass is 32.1. The highest BCUT2D eigenvalue weighted by Gasteiger charge is 2.55. The molecule has 0 aliphatic carbocycles. The van der Waals surface area contributed by atoms with Gasteiger partial charge in [-0.25, -0.2) is 9.48 Å². The molecule has 4 aliphatic heterocycles. The number of aliphatic imine (C=N–C) groups is 1. The van der Waals surface area contributed by atoms with Crippen LogP contribution in [0.5, 0.6) is 0 Å². The minimum atomic E-state index is -0.123. The summed E-state index contributed by atoms with van der Waals surface area (Å²) in [5.41, 5.74) is 3.23. The van der Waals surface area contributed by atoms with Crippen molar-refractivity contribution in [2.24, 2.45) is 15.0 Å². The lowest BCUT2D eigenvalue weighted by Gasteiger charge is -2.25. The van der Waals surface area contributed by atoms with Gasteiger partial charge < -0.3 is 0 Å². The van der Waals surface area contributed by atoms with Crippen molar-refractivity contribution in [3.63, 3.8) is 0 Å². The van der Waals surface area contributed by atoms with Crippen molar-refractivity contribution >= 4 is 115 Å². The topological polar surface area (TPSA) is 49.9 Å². The molecule has 8 aromatic rings. The van der Waals surface area contributed by atoms with E-state index in [1.807, 2.05) is 34.0 Å². The summed E-state index contributed by atoms with van der Waals surface area (Å²) in [6.07, 6.45) is 0. The highest BCUT2D eigenvalue weighted by Crippen LogP contribution is 2.51. The Hall–Kier alpha value is -4.38. The maximum Gasteiger partial charge on any atom is 0.612 e. The van der Waals surface area contributed by atoms with Crippen LogP contribution in [0.15, 0.2) is 87.8 Å². The third kappa shape index (κ3) is 1.92. The summed E-state index contributed by atoms with van der Waals surface area (Å²) in [6, 6.07) is 26.1. The largest absolute Gasteiger partial charge is 0.612 e. The molecule has 0 atom stereocenters. The van der Waals surface area contributed by atoms with Gasteiger partial charge in [0.2, 0.25) is 11.3 Å². The lowest BCUT2D eigenvalue weighted by atomic mass is 9.88. The number of thiophene rings is 3. The number of benzene rings is 3. The monoisotopic (exact) mass is 563 g/mol. The lowest BCUT2D eigenvalue weighted by molar-refractivity contribution is -0.257. The molecule has 4 aliphatic rings. The van der Waals surface area contributed by atoms with E-state index in [-0.39, 0.29) is 7.12 Å². The van der Waals surface area contributed by atoms with Crippen molar-refractivity contribution in [2.45, 2.75) is 0 Å². The van der Waals surface area contributed by atoms with Crippen LogP contribution in [0.25, 0.3) is 50.4 Å². The first kappa shape index (κ1) is 19.6. The Bertz CT molecular complexity index is 2780. The van der Waals surface area contributed by atoms with Crippen LogP contribution >= 0.6 is 34.0 Å². The van der Waals surface area contributed by atoms with Crippen LogP contribution < -0.4 is 11.0 Å². The van der Waals surface area contributed by atoms with Gasteiger partial charge in [-0.1, -0.05) is 64.6 Å². The van der Waals surface area contributed by atoms with Gasteiger partial charge in [0.05, 0.1) is 20.3 Å². The van der Waals surface area contributed by atoms with E-state index in [2.05, 4.69) is 86.2 Å². The molecule has 0 bridgehead atoms. The first-order chi connectivity index (χ1) is 19.8. The third-order valence-corrected chi connectivity index (χ3v) is 12.3. The molecule has 0 fully saturated rings. The van der Waals surface area contributed by atoms with Crippen LogP contribution in [0.1, 0.15) is 10.4 Å². The van der Waals surface area contributed by atoms with E-state index < -0.39 is 0 Å². The van der Waals surface area contributed by atoms with Gasteiger partial charge in [-0.15, -0.1) is 34.0 Å². The molecule has 0 unspecified atom stereocenters. The average molecular weight is 563 g/mol. The Morgan fingerprint density at radius 1 is 0.600 bits per heavy atom. The number of hydrogen-bond acceptors (Lipinski definition) is 6. The quantitative estimate of drug-likeness (QED) is 0.192. The second-order valence-corrected chi connectivity index (χ2v) is 13.8. The van der Waals surface area contributed by atoms with Crippen LogP contribution in [-0.2, 0) is 0 Å². The number of amidine groups is 2. The van der Waals surface area contributed by atoms with Crippen LogP contribution in [0, 0.1) is 0 Å². The Balaban J connectivity index is 1.39. The third-order valence-electron chi connectivity index (χ3n) is 8.76. The summed E-state index contributed by atoms with van der Waals surface area (Å²) in [7, 11) is -0.123. The Morgan fingerprint density at radius 2 is 1.27 bits per heavy atom. The highest BCUT2D eigenvalue weighted by molar-refractivity contribution is 7.27. The summed E-state index contributed by atoms with van der Waals surface area (Å²) in [5, 5.41) is 6.18. The van der Waals surface area contributed by atoms with Crippen LogP contribution in [0.2, 0.25) is 0 Å². The van der Waals surface area contributed by atoms with Crippen molar-refractivity contribution < 1.29 is 4.49 Å². The minimum Gasteiger partial charge on any atom is -0.283 e. The van der Waals surface area contributed by atoms with E-state index in [9.17, 15) is 0 Å². The SMILES string of the molecule is c1ccc2c3c(sc2c1)C1=Nc2c4c(sc5ccccc54)c4n2B2n5c(c6sc7ccccc7c6c5=N4)=NC3=[N+]21. The molecule has 0 spiro atoms. The number of rotatable bonds is 0. The molecule has 6 nitrogen and oxygen atoms in total. The standard InChI is InChI=1S/C30H12BN6S3/c1-4-10-16-13(7-1)19-22(38-16)28-33-26-21-15-9-3-6-12-18(15)40-24(21)30-34-27-20-14-8-2-5-11-17(14)39-23(20)29-32-25(19)35(28)31(36(27)29)37(26)30/h1-12H/q+1.